The van der Waals surface area contributed by atoms with Crippen LogP contribution in [0.5, 0.6) is 0 Å². The van der Waals surface area contributed by atoms with Gasteiger partial charge in [-0.2, -0.15) is 0 Å². The number of hydrogen-bond donors (Lipinski definition) is 3. The third-order valence-corrected chi connectivity index (χ3v) is 6.53. The largest absolute Gasteiger partial charge is 0.349 e. The summed E-state index contributed by atoms with van der Waals surface area (Å²) in [6.45, 7) is 7.35. The van der Waals surface area contributed by atoms with Crippen LogP contribution in [0, 0.1) is 0 Å². The van der Waals surface area contributed by atoms with Crippen LogP contribution in [0.4, 0.5) is 5.82 Å². The van der Waals surface area contributed by atoms with Gasteiger partial charge in [-0.15, -0.1) is 0 Å². The van der Waals surface area contributed by atoms with E-state index >= 15 is 0 Å². The molecule has 0 aliphatic carbocycles. The second kappa shape index (κ2) is 8.56. The first-order valence-electron chi connectivity index (χ1n) is 11.5. The molecular formula is C23H28N8O3. The summed E-state index contributed by atoms with van der Waals surface area (Å²) >= 11 is 0. The van der Waals surface area contributed by atoms with Gasteiger partial charge < -0.3 is 30.0 Å². The molecule has 0 saturated carbocycles. The maximum atomic E-state index is 12.9. The molecule has 2 aliphatic rings. The topological polar surface area (TPSA) is 126 Å². The average molecular weight is 465 g/mol. The van der Waals surface area contributed by atoms with Gasteiger partial charge in [0.1, 0.15) is 17.0 Å². The van der Waals surface area contributed by atoms with Gasteiger partial charge in [0, 0.05) is 44.3 Å². The molecule has 0 unspecified atom stereocenters. The van der Waals surface area contributed by atoms with E-state index in [2.05, 4.69) is 37.7 Å². The van der Waals surface area contributed by atoms with Crippen molar-refractivity contribution >= 4 is 34.6 Å². The van der Waals surface area contributed by atoms with E-state index < -0.39 is 5.91 Å². The lowest BCUT2D eigenvalue weighted by molar-refractivity contribution is 0.0913. The zero-order valence-electron chi connectivity index (χ0n) is 19.5. The first kappa shape index (κ1) is 22.1. The van der Waals surface area contributed by atoms with Gasteiger partial charge in [-0.1, -0.05) is 6.92 Å². The van der Waals surface area contributed by atoms with Crippen LogP contribution in [0.2, 0.25) is 0 Å². The Morgan fingerprint density at radius 2 is 2.06 bits per heavy atom. The molecule has 0 bridgehead atoms. The number of aryl methyl sites for hydroxylation is 1. The second-order valence-corrected chi connectivity index (χ2v) is 8.94. The van der Waals surface area contributed by atoms with Gasteiger partial charge in [-0.25, -0.2) is 9.97 Å². The molecule has 0 aromatic carbocycles. The summed E-state index contributed by atoms with van der Waals surface area (Å²) in [4.78, 5) is 49.0. The zero-order chi connectivity index (χ0) is 24.0. The highest BCUT2D eigenvalue weighted by Gasteiger charge is 2.27. The van der Waals surface area contributed by atoms with Crippen LogP contribution in [0.15, 0.2) is 24.4 Å². The van der Waals surface area contributed by atoms with E-state index in [1.165, 1.54) is 0 Å². The highest BCUT2D eigenvalue weighted by atomic mass is 16.2. The van der Waals surface area contributed by atoms with Crippen molar-refractivity contribution in [3.8, 4) is 0 Å². The number of rotatable bonds is 5. The lowest BCUT2D eigenvalue weighted by Gasteiger charge is -2.23. The van der Waals surface area contributed by atoms with E-state index in [0.29, 0.717) is 17.9 Å². The number of carbonyl (C=O) groups is 3. The van der Waals surface area contributed by atoms with E-state index in [9.17, 15) is 14.4 Å². The Bertz CT molecular complexity index is 1290. The second-order valence-electron chi connectivity index (χ2n) is 8.94. The zero-order valence-corrected chi connectivity index (χ0v) is 19.5. The molecule has 11 nitrogen and oxygen atoms in total. The number of fused-ring (bicyclic) bond motifs is 3. The molecule has 3 aromatic heterocycles. The third kappa shape index (κ3) is 3.92. The highest BCUT2D eigenvalue weighted by molar-refractivity contribution is 6.05. The molecule has 3 amide bonds. The lowest BCUT2D eigenvalue weighted by Crippen LogP contribution is -2.38. The Kier molecular flexibility index (Phi) is 5.56. The summed E-state index contributed by atoms with van der Waals surface area (Å²) < 4.78 is 3.45. The summed E-state index contributed by atoms with van der Waals surface area (Å²) in [5.41, 5.74) is 1.32. The maximum Gasteiger partial charge on any atom is 0.287 e. The predicted molar refractivity (Wildman–Crippen MR) is 126 cm³/mol. The molecule has 2 aliphatic heterocycles. The van der Waals surface area contributed by atoms with Gasteiger partial charge in [0.25, 0.3) is 17.7 Å². The van der Waals surface area contributed by atoms with Crippen molar-refractivity contribution in [3.05, 3.63) is 41.6 Å². The van der Waals surface area contributed by atoms with E-state index in [-0.39, 0.29) is 41.2 Å². The Balaban J connectivity index is 1.32. The number of amides is 3. The van der Waals surface area contributed by atoms with Crippen LogP contribution in [0.3, 0.4) is 0 Å². The smallest absolute Gasteiger partial charge is 0.287 e. The number of likely N-dealkylation sites (N-methyl/N-ethyl adjacent to an activating group) is 1. The number of hydrogen-bond acceptors (Lipinski definition) is 6. The molecule has 5 heterocycles. The monoisotopic (exact) mass is 464 g/mol. The Morgan fingerprint density at radius 3 is 2.82 bits per heavy atom. The minimum absolute atomic E-state index is 0.0251. The van der Waals surface area contributed by atoms with Gasteiger partial charge in [-0.3, -0.25) is 14.4 Å². The maximum absolute atomic E-state index is 12.9. The molecule has 2 atom stereocenters. The van der Waals surface area contributed by atoms with Gasteiger partial charge in [0.05, 0.1) is 6.04 Å². The number of likely N-dealkylation sites (tertiary alicyclic amines) is 1. The van der Waals surface area contributed by atoms with E-state index in [0.717, 1.165) is 31.4 Å². The quantitative estimate of drug-likeness (QED) is 0.520. The van der Waals surface area contributed by atoms with Gasteiger partial charge in [-0.05, 0) is 38.1 Å². The van der Waals surface area contributed by atoms with Crippen molar-refractivity contribution in [2.45, 2.75) is 32.4 Å². The number of aromatic nitrogens is 4. The van der Waals surface area contributed by atoms with Gasteiger partial charge in [0.2, 0.25) is 5.82 Å². The fourth-order valence-electron chi connectivity index (χ4n) is 4.67. The molecule has 1 fully saturated rings. The predicted octanol–water partition coefficient (Wildman–Crippen LogP) is 1.15. The fourth-order valence-corrected chi connectivity index (χ4v) is 4.67. The molecule has 34 heavy (non-hydrogen) atoms. The van der Waals surface area contributed by atoms with Crippen molar-refractivity contribution in [2.24, 2.45) is 7.05 Å². The minimum atomic E-state index is -0.440. The van der Waals surface area contributed by atoms with Crippen LogP contribution in [0.1, 0.15) is 57.9 Å². The number of anilines is 1. The molecule has 0 radical (unpaired) electrons. The van der Waals surface area contributed by atoms with E-state index in [1.807, 2.05) is 11.5 Å². The average Bonchev–Trinajstić information content (AvgIpc) is 3.52. The first-order valence-corrected chi connectivity index (χ1v) is 11.5. The molecule has 3 aromatic rings. The van der Waals surface area contributed by atoms with E-state index in [1.54, 1.807) is 36.0 Å². The van der Waals surface area contributed by atoms with Crippen LogP contribution >= 0.6 is 0 Å². The number of nitrogens with zero attached hydrogens (tertiary/aromatic N) is 5. The summed E-state index contributed by atoms with van der Waals surface area (Å²) in [5, 5.41) is 9.40. The summed E-state index contributed by atoms with van der Waals surface area (Å²) in [7, 11) is 1.72. The summed E-state index contributed by atoms with van der Waals surface area (Å²) in [6, 6.07) is 5.29. The number of nitrogens with one attached hydrogen (secondary N) is 3. The fraction of sp³-hybridized carbons (Fsp3) is 0.435. The molecule has 0 spiro atoms. The van der Waals surface area contributed by atoms with Crippen molar-refractivity contribution in [3.63, 3.8) is 0 Å². The summed E-state index contributed by atoms with van der Waals surface area (Å²) in [6.07, 6.45) is 2.51. The van der Waals surface area contributed by atoms with Crippen molar-refractivity contribution in [2.75, 3.05) is 31.5 Å². The highest BCUT2D eigenvalue weighted by Crippen LogP contribution is 2.25. The van der Waals surface area contributed by atoms with Crippen molar-refractivity contribution in [1.82, 2.24) is 34.6 Å². The van der Waals surface area contributed by atoms with Crippen molar-refractivity contribution in [1.29, 1.82) is 0 Å². The number of imidazole rings is 1. The Morgan fingerprint density at radius 1 is 1.24 bits per heavy atom. The third-order valence-electron chi connectivity index (χ3n) is 6.53. The summed E-state index contributed by atoms with van der Waals surface area (Å²) in [5.74, 6) is -0.357. The normalized spacial score (nSPS) is 20.3. The molecule has 5 rings (SSSR count). The van der Waals surface area contributed by atoms with Crippen molar-refractivity contribution < 1.29 is 14.4 Å². The number of pyridine rings is 1. The Hall–Kier alpha value is -3.73. The molecule has 3 N–H and O–H groups in total. The first-order chi connectivity index (χ1) is 16.3. The molecular weight excluding hydrogens is 436 g/mol. The van der Waals surface area contributed by atoms with E-state index in [4.69, 9.17) is 0 Å². The van der Waals surface area contributed by atoms with Crippen LogP contribution < -0.4 is 16.0 Å². The molecule has 178 valence electrons. The molecule has 1 saturated heterocycles. The van der Waals surface area contributed by atoms with Gasteiger partial charge in [0.15, 0.2) is 5.82 Å². The Labute approximate surface area is 196 Å². The SMILES string of the molecule is CCN1CC[C@@H](NC(=O)c2nc(NC(=O)c3ccc4cc5n(c4n3)[C@H](C)CNC5=O)cn2C)C1. The number of carbonyl (C=O) groups excluding carboxylic acids is 3. The minimum Gasteiger partial charge on any atom is -0.349 e. The lowest BCUT2D eigenvalue weighted by atomic mass is 10.2. The van der Waals surface area contributed by atoms with Crippen LogP contribution in [-0.4, -0.2) is 73.9 Å². The van der Waals surface area contributed by atoms with Crippen LogP contribution in [0.25, 0.3) is 11.0 Å². The molecule has 11 heteroatoms. The standard InChI is InChI=1S/C23H28N8O3/c1-4-30-8-7-15(11-30)25-23(34)20-27-18(12-29(20)3)28-21(32)16-6-5-14-9-17-22(33)24-10-13(2)31(17)19(14)26-16/h5-6,9,12-13,15H,4,7-8,10-11H2,1-3H3,(H,24,33)(H,25,34)(H,28,32)/t13-,15-/m1/s1. The van der Waals surface area contributed by atoms with Gasteiger partial charge >= 0.3 is 0 Å². The van der Waals surface area contributed by atoms with Crippen LogP contribution in [-0.2, 0) is 7.05 Å².